The van der Waals surface area contributed by atoms with Gasteiger partial charge in [0.25, 0.3) is 0 Å². The molecule has 0 atom stereocenters. The minimum Gasteiger partial charge on any atom is -0.0843 e. The minimum atomic E-state index is 0.575. The van der Waals surface area contributed by atoms with Crippen molar-refractivity contribution >= 4 is 39.1 Å². The Balaban J connectivity index is 2.64. The molecule has 0 heterocycles. The van der Waals surface area contributed by atoms with Crippen LogP contribution in [0.5, 0.6) is 0 Å². The Kier molecular flexibility index (Phi) is 3.35. The number of halogens is 3. The summed E-state index contributed by atoms with van der Waals surface area (Å²) in [6.07, 6.45) is 0. The van der Waals surface area contributed by atoms with Crippen LogP contribution in [0.2, 0.25) is 10.0 Å². The topological polar surface area (TPSA) is 0 Å². The Bertz CT molecular complexity index is 495. The third-order valence-electron chi connectivity index (χ3n) is 2.02. The molecule has 0 unspecified atom stereocenters. The van der Waals surface area contributed by atoms with Crippen molar-refractivity contribution in [2.45, 2.75) is 0 Å². The minimum absolute atomic E-state index is 0.575. The van der Waals surface area contributed by atoms with Crippen molar-refractivity contribution in [1.29, 1.82) is 0 Å². The summed E-state index contributed by atoms with van der Waals surface area (Å²) in [6, 6.07) is 14.3. The fraction of sp³-hybridized carbons (Fsp3) is 0. The predicted molar refractivity (Wildman–Crippen MR) is 68.4 cm³/mol. The van der Waals surface area contributed by atoms with Crippen LogP contribution in [0.3, 0.4) is 0 Å². The maximum Gasteiger partial charge on any atom is 0.0564 e. The number of hydrogen-bond acceptors (Lipinski definition) is 0. The van der Waals surface area contributed by atoms with Gasteiger partial charge in [-0.05, 0) is 23.8 Å². The Morgan fingerprint density at radius 1 is 1.07 bits per heavy atom. The largest absolute Gasteiger partial charge is 0.0843 e. The van der Waals surface area contributed by atoms with Gasteiger partial charge < -0.3 is 0 Å². The molecule has 2 rings (SSSR count). The second kappa shape index (κ2) is 4.56. The van der Waals surface area contributed by atoms with Gasteiger partial charge in [0.05, 0.1) is 5.02 Å². The van der Waals surface area contributed by atoms with Crippen molar-refractivity contribution in [3.05, 3.63) is 57.0 Å². The van der Waals surface area contributed by atoms with Gasteiger partial charge in [-0.2, -0.15) is 0 Å². The van der Waals surface area contributed by atoms with E-state index >= 15 is 0 Å². The molecule has 0 saturated carbocycles. The van der Waals surface area contributed by atoms with Crippen LogP contribution < -0.4 is 0 Å². The highest BCUT2D eigenvalue weighted by molar-refractivity contribution is 9.10. The first-order valence-electron chi connectivity index (χ1n) is 4.30. The molecule has 0 aliphatic carbocycles. The van der Waals surface area contributed by atoms with Gasteiger partial charge in [-0.3, -0.25) is 0 Å². The van der Waals surface area contributed by atoms with Crippen LogP contribution in [0.1, 0.15) is 0 Å². The molecule has 0 aliphatic rings. The molecule has 2 aromatic rings. The summed E-state index contributed by atoms with van der Waals surface area (Å²) in [5.74, 6) is 0. The lowest BCUT2D eigenvalue weighted by Crippen LogP contribution is -1.81. The Hall–Kier alpha value is -0.500. The van der Waals surface area contributed by atoms with E-state index in [1.807, 2.05) is 30.3 Å². The normalized spacial score (nSPS) is 10.3. The zero-order valence-corrected chi connectivity index (χ0v) is 10.7. The lowest BCUT2D eigenvalue weighted by Gasteiger charge is -2.06. The molecule has 0 saturated heterocycles. The van der Waals surface area contributed by atoms with Crippen LogP contribution in [0.4, 0.5) is 0 Å². The van der Waals surface area contributed by atoms with Crippen LogP contribution in [0.25, 0.3) is 11.1 Å². The zero-order chi connectivity index (χ0) is 10.8. The SMILES string of the molecule is Clc1c[c]c(Cl)c(-c2ccccc2Br)c1. The second-order valence-corrected chi connectivity index (χ2v) is 4.69. The standard InChI is InChI=1S/C12H6BrCl2/c13-11-4-2-1-3-9(11)10-7-8(14)5-6-12(10)15/h1-5,7H. The van der Waals surface area contributed by atoms with Gasteiger partial charge in [-0.15, -0.1) is 0 Å². The molecule has 1 radical (unpaired) electrons. The van der Waals surface area contributed by atoms with Crippen molar-refractivity contribution in [3.8, 4) is 11.1 Å². The van der Waals surface area contributed by atoms with E-state index in [1.165, 1.54) is 0 Å². The van der Waals surface area contributed by atoms with Gasteiger partial charge in [0.2, 0.25) is 0 Å². The lowest BCUT2D eigenvalue weighted by atomic mass is 10.1. The molecule has 0 fully saturated rings. The van der Waals surface area contributed by atoms with E-state index in [-0.39, 0.29) is 0 Å². The van der Waals surface area contributed by atoms with Crippen LogP contribution in [0, 0.1) is 6.07 Å². The molecular weight excluding hydrogens is 295 g/mol. The molecular formula is C12H6BrCl2. The molecule has 0 aliphatic heterocycles. The van der Waals surface area contributed by atoms with E-state index in [1.54, 1.807) is 6.07 Å². The zero-order valence-electron chi connectivity index (χ0n) is 7.60. The molecule has 3 heteroatoms. The van der Waals surface area contributed by atoms with Crippen molar-refractivity contribution < 1.29 is 0 Å². The Morgan fingerprint density at radius 2 is 1.80 bits per heavy atom. The van der Waals surface area contributed by atoms with Gasteiger partial charge in [0.1, 0.15) is 0 Å². The molecule has 0 aromatic heterocycles. The molecule has 0 N–H and O–H groups in total. The summed E-state index contributed by atoms with van der Waals surface area (Å²) in [4.78, 5) is 0. The molecule has 0 amide bonds. The predicted octanol–water partition coefficient (Wildman–Crippen LogP) is 5.22. The van der Waals surface area contributed by atoms with Crippen molar-refractivity contribution in [3.63, 3.8) is 0 Å². The van der Waals surface area contributed by atoms with Crippen molar-refractivity contribution in [1.82, 2.24) is 0 Å². The second-order valence-electron chi connectivity index (χ2n) is 3.03. The monoisotopic (exact) mass is 299 g/mol. The Labute approximate surface area is 107 Å². The van der Waals surface area contributed by atoms with E-state index in [0.29, 0.717) is 10.0 Å². The lowest BCUT2D eigenvalue weighted by molar-refractivity contribution is 1.58. The van der Waals surface area contributed by atoms with E-state index in [0.717, 1.165) is 15.6 Å². The fourth-order valence-electron chi connectivity index (χ4n) is 1.33. The average molecular weight is 301 g/mol. The van der Waals surface area contributed by atoms with Gasteiger partial charge in [0.15, 0.2) is 0 Å². The molecule has 75 valence electrons. The number of rotatable bonds is 1. The maximum atomic E-state index is 6.07. The highest BCUT2D eigenvalue weighted by Crippen LogP contribution is 2.34. The molecule has 2 aromatic carbocycles. The van der Waals surface area contributed by atoms with Gasteiger partial charge in [0, 0.05) is 21.1 Å². The summed E-state index contributed by atoms with van der Waals surface area (Å²) < 4.78 is 0.988. The third-order valence-corrected chi connectivity index (χ3v) is 3.24. The van der Waals surface area contributed by atoms with Crippen LogP contribution >= 0.6 is 39.1 Å². The number of hydrogen-bond donors (Lipinski definition) is 0. The van der Waals surface area contributed by atoms with Crippen LogP contribution in [0.15, 0.2) is 40.9 Å². The first-order chi connectivity index (χ1) is 7.18. The highest BCUT2D eigenvalue weighted by atomic mass is 79.9. The van der Waals surface area contributed by atoms with Gasteiger partial charge in [-0.25, -0.2) is 0 Å². The van der Waals surface area contributed by atoms with E-state index in [2.05, 4.69) is 22.0 Å². The van der Waals surface area contributed by atoms with E-state index < -0.39 is 0 Å². The summed E-state index contributed by atoms with van der Waals surface area (Å²) in [5, 5.41) is 1.21. The van der Waals surface area contributed by atoms with E-state index in [4.69, 9.17) is 23.2 Å². The summed E-state index contributed by atoms with van der Waals surface area (Å²) in [5.41, 5.74) is 1.90. The summed E-state index contributed by atoms with van der Waals surface area (Å²) >= 11 is 15.5. The van der Waals surface area contributed by atoms with Crippen LogP contribution in [-0.2, 0) is 0 Å². The highest BCUT2D eigenvalue weighted by Gasteiger charge is 2.07. The van der Waals surface area contributed by atoms with E-state index in [9.17, 15) is 0 Å². The van der Waals surface area contributed by atoms with Crippen molar-refractivity contribution in [2.75, 3.05) is 0 Å². The molecule has 0 spiro atoms. The number of benzene rings is 2. The summed E-state index contributed by atoms with van der Waals surface area (Å²) in [6.45, 7) is 0. The quantitative estimate of drug-likeness (QED) is 0.677. The molecule has 0 bridgehead atoms. The Morgan fingerprint density at radius 3 is 2.53 bits per heavy atom. The van der Waals surface area contributed by atoms with Crippen LogP contribution in [-0.4, -0.2) is 0 Å². The third kappa shape index (κ3) is 2.36. The van der Waals surface area contributed by atoms with Gasteiger partial charge >= 0.3 is 0 Å². The first-order valence-corrected chi connectivity index (χ1v) is 5.85. The summed E-state index contributed by atoms with van der Waals surface area (Å²) in [7, 11) is 0. The molecule has 0 nitrogen and oxygen atoms in total. The average Bonchev–Trinajstić information content (AvgIpc) is 2.23. The van der Waals surface area contributed by atoms with Crippen molar-refractivity contribution in [2.24, 2.45) is 0 Å². The van der Waals surface area contributed by atoms with Gasteiger partial charge in [-0.1, -0.05) is 57.3 Å². The molecule has 15 heavy (non-hydrogen) atoms. The first kappa shape index (κ1) is 11.0. The smallest absolute Gasteiger partial charge is 0.0564 e. The fourth-order valence-corrected chi connectivity index (χ4v) is 2.20. The maximum absolute atomic E-state index is 6.07.